The molecule has 130 valence electrons. The van der Waals surface area contributed by atoms with E-state index in [0.717, 1.165) is 0 Å². The minimum Gasteiger partial charge on any atom is -0.141 e. The van der Waals surface area contributed by atoms with E-state index in [1.165, 1.54) is 48.7 Å². The van der Waals surface area contributed by atoms with E-state index < -0.39 is 0 Å². The lowest BCUT2D eigenvalue weighted by atomic mass is 10.2. The van der Waals surface area contributed by atoms with Crippen molar-refractivity contribution in [2.75, 3.05) is 0 Å². The maximum absolute atomic E-state index is 2.37. The highest BCUT2D eigenvalue weighted by molar-refractivity contribution is 7.39. The highest BCUT2D eigenvalue weighted by Gasteiger charge is 2.14. The van der Waals surface area contributed by atoms with Crippen LogP contribution in [0.4, 0.5) is 0 Å². The van der Waals surface area contributed by atoms with E-state index in [0.29, 0.717) is 0 Å². The lowest BCUT2D eigenvalue weighted by molar-refractivity contribution is 1.70. The first-order valence-electron chi connectivity index (χ1n) is 8.50. The average molecular weight is 437 g/mol. The number of hydrogen-bond acceptors (Lipinski definition) is 5. The first-order valence-corrected chi connectivity index (χ1v) is 12.6. The Hall–Kier alpha value is -1.76. The second-order valence-corrected chi connectivity index (χ2v) is 11.4. The van der Waals surface area contributed by atoms with Crippen LogP contribution in [0.3, 0.4) is 0 Å². The maximum atomic E-state index is 2.37. The van der Waals surface area contributed by atoms with E-state index in [9.17, 15) is 0 Å². The Morgan fingerprint density at radius 1 is 0.481 bits per heavy atom. The Balaban J connectivity index is 1.37. The summed E-state index contributed by atoms with van der Waals surface area (Å²) in [5.74, 6) is 0. The first kappa shape index (κ1) is 16.2. The Morgan fingerprint density at radius 2 is 1.19 bits per heavy atom. The Labute approximate surface area is 176 Å². The second-order valence-electron chi connectivity index (χ2n) is 6.21. The molecular formula is C22H12S5. The van der Waals surface area contributed by atoms with Crippen molar-refractivity contribution in [3.8, 4) is 29.9 Å². The van der Waals surface area contributed by atoms with Gasteiger partial charge in [-0.1, -0.05) is 30.3 Å². The normalized spacial score (nSPS) is 11.7. The standard InChI is InChI=1S/C22H12S5/c1-2-4-13(5-3-1)14-6-7-15(24-14)16-8-9-17(25-16)19-12-20-22(27-19)21-18(26-20)10-11-23-21/h1-12H. The molecule has 0 amide bonds. The summed E-state index contributed by atoms with van der Waals surface area (Å²) in [6.45, 7) is 0. The SMILES string of the molecule is c1ccc(-c2ccc(-c3ccc(-c4cc5sc6ccsc6c5s4)s3)s2)cc1. The Morgan fingerprint density at radius 3 is 2.00 bits per heavy atom. The summed E-state index contributed by atoms with van der Waals surface area (Å²) in [4.78, 5) is 6.80. The van der Waals surface area contributed by atoms with Crippen molar-refractivity contribution in [3.63, 3.8) is 0 Å². The van der Waals surface area contributed by atoms with Gasteiger partial charge in [0.2, 0.25) is 0 Å². The van der Waals surface area contributed by atoms with Gasteiger partial charge >= 0.3 is 0 Å². The van der Waals surface area contributed by atoms with Crippen molar-refractivity contribution >= 4 is 75.5 Å². The van der Waals surface area contributed by atoms with Crippen LogP contribution in [0.25, 0.3) is 48.7 Å². The predicted octanol–water partition coefficient (Wildman–Crippen LogP) is 9.30. The van der Waals surface area contributed by atoms with Gasteiger partial charge in [-0.15, -0.1) is 56.7 Å². The molecule has 0 unspecified atom stereocenters. The molecule has 0 nitrogen and oxygen atoms in total. The Kier molecular flexibility index (Phi) is 3.84. The zero-order valence-electron chi connectivity index (χ0n) is 14.0. The fraction of sp³-hybridized carbons (Fsp3) is 0. The molecule has 0 aliphatic rings. The summed E-state index contributed by atoms with van der Waals surface area (Å²) >= 11 is 9.49. The van der Waals surface area contributed by atoms with Crippen molar-refractivity contribution in [2.45, 2.75) is 0 Å². The molecule has 0 fully saturated rings. The smallest absolute Gasteiger partial charge is 0.0636 e. The number of benzene rings is 1. The van der Waals surface area contributed by atoms with Gasteiger partial charge in [-0.05, 0) is 47.3 Å². The molecule has 0 N–H and O–H groups in total. The average Bonchev–Trinajstić information content (AvgIpc) is 3.46. The van der Waals surface area contributed by atoms with Gasteiger partial charge in [-0.25, -0.2) is 0 Å². The molecule has 6 rings (SSSR count). The molecule has 6 aromatic rings. The van der Waals surface area contributed by atoms with Crippen molar-refractivity contribution in [3.05, 3.63) is 72.1 Å². The van der Waals surface area contributed by atoms with E-state index in [4.69, 9.17) is 0 Å². The molecule has 0 radical (unpaired) electrons. The first-order chi connectivity index (χ1) is 13.3. The lowest BCUT2D eigenvalue weighted by Gasteiger charge is -1.95. The van der Waals surface area contributed by atoms with E-state index in [2.05, 4.69) is 72.1 Å². The fourth-order valence-corrected chi connectivity index (χ4v) is 9.18. The van der Waals surface area contributed by atoms with E-state index in [1.54, 1.807) is 0 Å². The van der Waals surface area contributed by atoms with Crippen molar-refractivity contribution in [1.82, 2.24) is 0 Å². The van der Waals surface area contributed by atoms with Crippen LogP contribution in [0, 0.1) is 0 Å². The molecular weight excluding hydrogens is 425 g/mol. The molecule has 0 atom stereocenters. The van der Waals surface area contributed by atoms with Crippen LogP contribution in [0.1, 0.15) is 0 Å². The molecule has 5 aromatic heterocycles. The third-order valence-electron chi connectivity index (χ3n) is 4.51. The summed E-state index contributed by atoms with van der Waals surface area (Å²) in [5.41, 5.74) is 1.30. The minimum atomic E-state index is 1.30. The van der Waals surface area contributed by atoms with Crippen molar-refractivity contribution < 1.29 is 0 Å². The van der Waals surface area contributed by atoms with E-state index in [-0.39, 0.29) is 0 Å². The molecule has 1 aromatic carbocycles. The van der Waals surface area contributed by atoms with Gasteiger partial charge in [-0.3, -0.25) is 0 Å². The van der Waals surface area contributed by atoms with Crippen molar-refractivity contribution in [1.29, 1.82) is 0 Å². The molecule has 0 aliphatic heterocycles. The molecule has 5 heterocycles. The number of fused-ring (bicyclic) bond motifs is 3. The number of rotatable bonds is 3. The summed E-state index contributed by atoms with van der Waals surface area (Å²) in [6.07, 6.45) is 0. The number of hydrogen-bond donors (Lipinski definition) is 0. The van der Waals surface area contributed by atoms with E-state index >= 15 is 0 Å². The van der Waals surface area contributed by atoms with Gasteiger partial charge in [0, 0.05) is 33.8 Å². The number of thiophene rings is 5. The van der Waals surface area contributed by atoms with Crippen molar-refractivity contribution in [2.24, 2.45) is 0 Å². The lowest BCUT2D eigenvalue weighted by Crippen LogP contribution is -1.67. The molecule has 0 saturated carbocycles. The van der Waals surface area contributed by atoms with Gasteiger partial charge < -0.3 is 0 Å². The summed E-state index contributed by atoms with van der Waals surface area (Å²) in [6, 6.07) is 24.3. The predicted molar refractivity (Wildman–Crippen MR) is 127 cm³/mol. The van der Waals surface area contributed by atoms with Gasteiger partial charge in [0.25, 0.3) is 0 Å². The third kappa shape index (κ3) is 2.73. The fourth-order valence-electron chi connectivity index (χ4n) is 3.22. The van der Waals surface area contributed by atoms with Crippen LogP contribution < -0.4 is 0 Å². The van der Waals surface area contributed by atoms with E-state index in [1.807, 2.05) is 56.7 Å². The molecule has 0 bridgehead atoms. The molecule has 5 heteroatoms. The zero-order chi connectivity index (χ0) is 17.8. The van der Waals surface area contributed by atoms with Crippen LogP contribution in [-0.4, -0.2) is 0 Å². The quantitative estimate of drug-likeness (QED) is 0.259. The van der Waals surface area contributed by atoms with Gasteiger partial charge in [0.05, 0.1) is 9.40 Å². The van der Waals surface area contributed by atoms with Crippen LogP contribution in [0.2, 0.25) is 0 Å². The highest BCUT2D eigenvalue weighted by Crippen LogP contribution is 2.47. The summed E-state index contributed by atoms with van der Waals surface area (Å²) in [5, 5.41) is 2.20. The maximum Gasteiger partial charge on any atom is 0.0636 e. The Bertz CT molecular complexity index is 1370. The van der Waals surface area contributed by atoms with Crippen LogP contribution in [0.5, 0.6) is 0 Å². The van der Waals surface area contributed by atoms with Crippen LogP contribution in [-0.2, 0) is 0 Å². The zero-order valence-corrected chi connectivity index (χ0v) is 18.1. The van der Waals surface area contributed by atoms with Gasteiger partial charge in [0.15, 0.2) is 0 Å². The van der Waals surface area contributed by atoms with Gasteiger partial charge in [0.1, 0.15) is 0 Å². The minimum absolute atomic E-state index is 1.30. The summed E-state index contributed by atoms with van der Waals surface area (Å²) < 4.78 is 5.76. The van der Waals surface area contributed by atoms with Crippen LogP contribution in [0.15, 0.2) is 72.1 Å². The molecule has 0 saturated heterocycles. The van der Waals surface area contributed by atoms with Crippen LogP contribution >= 0.6 is 56.7 Å². The summed E-state index contributed by atoms with van der Waals surface area (Å²) in [7, 11) is 0. The largest absolute Gasteiger partial charge is 0.141 e. The molecule has 0 spiro atoms. The highest BCUT2D eigenvalue weighted by atomic mass is 32.1. The molecule has 0 aliphatic carbocycles. The third-order valence-corrected chi connectivity index (χ3v) is 10.7. The second kappa shape index (κ2) is 6.40. The topological polar surface area (TPSA) is 0 Å². The molecule has 27 heavy (non-hydrogen) atoms. The van der Waals surface area contributed by atoms with Gasteiger partial charge in [-0.2, -0.15) is 0 Å². The monoisotopic (exact) mass is 436 g/mol.